The monoisotopic (exact) mass is 322 g/mol. The minimum Gasteiger partial charge on any atom is -0.315 e. The number of hydrogen-bond donors (Lipinski definition) is 2. The third-order valence-corrected chi connectivity index (χ3v) is 6.62. The number of rotatable bonds is 11. The molecule has 0 spiro atoms. The maximum Gasteiger partial charge on any atom is 0.0124 e. The molecule has 0 heterocycles. The zero-order chi connectivity index (χ0) is 15.2. The lowest BCUT2D eigenvalue weighted by Gasteiger charge is -2.54. The summed E-state index contributed by atoms with van der Waals surface area (Å²) in [6, 6.07) is 0.864. The van der Waals surface area contributed by atoms with E-state index >= 15 is 0 Å². The molecule has 4 bridgehead atoms. The van der Waals surface area contributed by atoms with Crippen LogP contribution in [0.25, 0.3) is 0 Å². The Labute approximate surface area is 145 Å². The molecule has 4 aliphatic rings. The molecule has 0 amide bonds. The van der Waals surface area contributed by atoms with Gasteiger partial charge in [-0.3, -0.25) is 0 Å². The second kappa shape index (κ2) is 10.0. The molecule has 0 aliphatic heterocycles. The van der Waals surface area contributed by atoms with E-state index in [2.05, 4.69) is 17.6 Å². The second-order valence-corrected chi connectivity index (χ2v) is 8.43. The van der Waals surface area contributed by atoms with Gasteiger partial charge in [-0.25, -0.2) is 0 Å². The smallest absolute Gasteiger partial charge is 0.0124 e. The summed E-state index contributed by atoms with van der Waals surface area (Å²) in [4.78, 5) is 0. The van der Waals surface area contributed by atoms with Crippen LogP contribution in [0.2, 0.25) is 0 Å². The van der Waals surface area contributed by atoms with Crippen LogP contribution < -0.4 is 10.6 Å². The molecule has 2 N–H and O–H groups in total. The van der Waals surface area contributed by atoms with Crippen molar-refractivity contribution in [2.75, 3.05) is 19.6 Å². The number of hydrogen-bond acceptors (Lipinski definition) is 2. The highest BCUT2D eigenvalue weighted by Crippen LogP contribution is 2.53. The van der Waals surface area contributed by atoms with Crippen LogP contribution in [0.4, 0.5) is 0 Å². The van der Waals surface area contributed by atoms with Crippen molar-refractivity contribution in [3.8, 4) is 0 Å². The highest BCUT2D eigenvalue weighted by molar-refractivity contribution is 5.01. The lowest BCUT2D eigenvalue weighted by molar-refractivity contribution is -0.0133. The minimum atomic E-state index is 0. The number of unbranched alkanes of at least 4 members (excludes halogenated alkanes) is 5. The average Bonchev–Trinajstić information content (AvgIpc) is 2.50. The first kappa shape index (κ1) is 19.2. The Kier molecular flexibility index (Phi) is 8.40. The van der Waals surface area contributed by atoms with Gasteiger partial charge in [-0.15, -0.1) is 0 Å². The summed E-state index contributed by atoms with van der Waals surface area (Å²) < 4.78 is 0. The Hall–Kier alpha value is -0.0800. The van der Waals surface area contributed by atoms with Gasteiger partial charge in [0.25, 0.3) is 0 Å². The van der Waals surface area contributed by atoms with Gasteiger partial charge in [-0.2, -0.15) is 0 Å². The molecule has 0 aromatic carbocycles. The van der Waals surface area contributed by atoms with Crippen molar-refractivity contribution >= 4 is 0 Å². The van der Waals surface area contributed by atoms with Crippen LogP contribution in [0.1, 0.15) is 85.0 Å². The maximum absolute atomic E-state index is 3.92. The van der Waals surface area contributed by atoms with Gasteiger partial charge in [0.05, 0.1) is 0 Å². The lowest BCUT2D eigenvalue weighted by Crippen LogP contribution is -2.55. The molecule has 0 saturated heterocycles. The first-order valence-corrected chi connectivity index (χ1v) is 10.3. The Morgan fingerprint density at radius 3 is 1.96 bits per heavy atom. The van der Waals surface area contributed by atoms with Gasteiger partial charge in [0.15, 0.2) is 0 Å². The second-order valence-electron chi connectivity index (χ2n) is 8.43. The molecule has 2 heteroatoms. The summed E-state index contributed by atoms with van der Waals surface area (Å²) in [5.41, 5.74) is 0. The number of nitrogens with one attached hydrogen (secondary N) is 2. The fraction of sp³-hybridized carbons (Fsp3) is 1.00. The minimum absolute atomic E-state index is 0. The molecular formula is C21H42N2. The molecule has 23 heavy (non-hydrogen) atoms. The third-order valence-electron chi connectivity index (χ3n) is 6.62. The first-order valence-electron chi connectivity index (χ1n) is 10.3. The molecule has 4 saturated carbocycles. The van der Waals surface area contributed by atoms with Crippen molar-refractivity contribution in [1.82, 2.24) is 10.6 Å². The maximum atomic E-state index is 3.92. The van der Waals surface area contributed by atoms with E-state index in [4.69, 9.17) is 0 Å². The van der Waals surface area contributed by atoms with E-state index in [9.17, 15) is 0 Å². The topological polar surface area (TPSA) is 24.1 Å². The van der Waals surface area contributed by atoms with E-state index in [1.54, 1.807) is 6.42 Å². The molecule has 4 fully saturated rings. The van der Waals surface area contributed by atoms with Gasteiger partial charge < -0.3 is 10.6 Å². The van der Waals surface area contributed by atoms with Crippen LogP contribution in [0.3, 0.4) is 0 Å². The van der Waals surface area contributed by atoms with Gasteiger partial charge in [0.1, 0.15) is 0 Å². The van der Waals surface area contributed by atoms with Crippen LogP contribution in [0.15, 0.2) is 0 Å². The Morgan fingerprint density at radius 1 is 0.696 bits per heavy atom. The van der Waals surface area contributed by atoms with E-state index in [1.165, 1.54) is 77.3 Å². The van der Waals surface area contributed by atoms with Crippen molar-refractivity contribution in [3.05, 3.63) is 0 Å². The Bertz CT molecular complexity index is 287. The van der Waals surface area contributed by atoms with Gasteiger partial charge in [0.2, 0.25) is 0 Å². The quantitative estimate of drug-likeness (QED) is 0.524. The molecule has 0 radical (unpaired) electrons. The third kappa shape index (κ3) is 5.46. The van der Waals surface area contributed by atoms with Crippen LogP contribution >= 0.6 is 0 Å². The Morgan fingerprint density at radius 2 is 1.30 bits per heavy atom. The van der Waals surface area contributed by atoms with Crippen molar-refractivity contribution in [2.24, 2.45) is 23.7 Å². The molecule has 2 nitrogen and oxygen atoms in total. The van der Waals surface area contributed by atoms with Gasteiger partial charge in [-0.1, -0.05) is 46.5 Å². The first-order chi connectivity index (χ1) is 10.9. The van der Waals surface area contributed by atoms with Gasteiger partial charge >= 0.3 is 0 Å². The predicted octanol–water partition coefficient (Wildman–Crippen LogP) is 4.99. The summed E-state index contributed by atoms with van der Waals surface area (Å²) in [5, 5.41) is 7.56. The largest absolute Gasteiger partial charge is 0.315 e. The SMILES string of the molecule is C.CCCCCCCCNCCNC1C2CC3CC(C2)CC1C3. The van der Waals surface area contributed by atoms with E-state index < -0.39 is 0 Å². The fourth-order valence-corrected chi connectivity index (χ4v) is 5.74. The van der Waals surface area contributed by atoms with Crippen LogP contribution in [0.5, 0.6) is 0 Å². The molecule has 4 aliphatic carbocycles. The molecule has 136 valence electrons. The predicted molar refractivity (Wildman–Crippen MR) is 102 cm³/mol. The van der Waals surface area contributed by atoms with E-state index in [0.29, 0.717) is 0 Å². The highest BCUT2D eigenvalue weighted by Gasteiger charge is 2.47. The van der Waals surface area contributed by atoms with Gasteiger partial charge in [0, 0.05) is 19.1 Å². The molecule has 0 atom stereocenters. The van der Waals surface area contributed by atoms with Crippen molar-refractivity contribution in [2.45, 2.75) is 91.0 Å². The summed E-state index contributed by atoms with van der Waals surface area (Å²) >= 11 is 0. The van der Waals surface area contributed by atoms with E-state index in [-0.39, 0.29) is 7.43 Å². The Balaban J connectivity index is 0.00000192. The highest BCUT2D eigenvalue weighted by atomic mass is 15.0. The molecular weight excluding hydrogens is 280 g/mol. The average molecular weight is 323 g/mol. The summed E-state index contributed by atoms with van der Waals surface area (Å²) in [7, 11) is 0. The normalized spacial score (nSPS) is 34.6. The van der Waals surface area contributed by atoms with Crippen molar-refractivity contribution in [3.63, 3.8) is 0 Å². The van der Waals surface area contributed by atoms with Gasteiger partial charge in [-0.05, 0) is 68.7 Å². The fourth-order valence-electron chi connectivity index (χ4n) is 5.74. The standard InChI is InChI=1S/C20H38N2.CH4/c1-2-3-4-5-6-7-8-21-9-10-22-20-18-12-16-11-17(14-18)15-19(20)13-16;/h16-22H,2-15H2,1H3;1H4. The van der Waals surface area contributed by atoms with E-state index in [0.717, 1.165) is 36.3 Å². The summed E-state index contributed by atoms with van der Waals surface area (Å²) in [6.45, 7) is 5.86. The molecule has 0 unspecified atom stereocenters. The molecule has 0 aromatic rings. The van der Waals surface area contributed by atoms with Crippen molar-refractivity contribution < 1.29 is 0 Å². The van der Waals surface area contributed by atoms with Crippen LogP contribution in [-0.4, -0.2) is 25.7 Å². The molecule has 4 rings (SSSR count). The zero-order valence-corrected chi connectivity index (χ0v) is 14.8. The molecule has 0 aromatic heterocycles. The summed E-state index contributed by atoms with van der Waals surface area (Å²) in [5.74, 6) is 4.25. The van der Waals surface area contributed by atoms with Crippen LogP contribution in [0, 0.1) is 23.7 Å². The lowest BCUT2D eigenvalue weighted by atomic mass is 9.54. The zero-order valence-electron chi connectivity index (χ0n) is 14.8. The van der Waals surface area contributed by atoms with E-state index in [1.807, 2.05) is 0 Å². The van der Waals surface area contributed by atoms with Crippen molar-refractivity contribution in [1.29, 1.82) is 0 Å². The summed E-state index contributed by atoms with van der Waals surface area (Å²) in [6.07, 6.45) is 16.1. The van der Waals surface area contributed by atoms with Crippen LogP contribution in [-0.2, 0) is 0 Å².